The molecule has 0 spiro atoms. The Morgan fingerprint density at radius 3 is 2.69 bits per heavy atom. The van der Waals surface area contributed by atoms with Gasteiger partial charge in [0, 0.05) is 18.2 Å². The van der Waals surface area contributed by atoms with Crippen LogP contribution in [0.5, 0.6) is 5.75 Å². The van der Waals surface area contributed by atoms with E-state index in [9.17, 15) is 14.7 Å². The molecule has 5 heteroatoms. The molecule has 0 fully saturated rings. The van der Waals surface area contributed by atoms with Gasteiger partial charge >= 0.3 is 0 Å². The topological polar surface area (TPSA) is 66.8 Å². The number of carbonyl (C=O) groups excluding carboxylic acids is 2. The minimum Gasteiger partial charge on any atom is -0.496 e. The minimum atomic E-state index is -1.81. The third kappa shape index (κ3) is 2.07. The molecule has 2 atom stereocenters. The number of Topliss-reactive ketones (excluding diaryl/α,β-unsaturated/α-hetero) is 1. The summed E-state index contributed by atoms with van der Waals surface area (Å²) in [4.78, 5) is 27.6. The van der Waals surface area contributed by atoms with Crippen LogP contribution in [0.25, 0.3) is 0 Å². The average molecular weight is 351 g/mol. The Kier molecular flexibility index (Phi) is 3.66. The number of ketones is 1. The van der Waals surface area contributed by atoms with Crippen molar-refractivity contribution in [3.8, 4) is 5.75 Å². The largest absolute Gasteiger partial charge is 0.496 e. The van der Waals surface area contributed by atoms with Crippen LogP contribution in [-0.2, 0) is 16.8 Å². The smallest absolute Gasteiger partial charge is 0.264 e. The monoisotopic (exact) mass is 351 g/mol. The number of nitrogens with zero attached hydrogens (tertiary/aromatic N) is 1. The maximum absolute atomic E-state index is 13.3. The SMILES string of the molecule is COc1cc2c(cc1C)C(=O)C(C1(O)C(=O)N(C)c3ccccc31)CC2. The van der Waals surface area contributed by atoms with E-state index in [1.54, 1.807) is 38.4 Å². The van der Waals surface area contributed by atoms with Crippen LogP contribution in [0.3, 0.4) is 0 Å². The molecule has 26 heavy (non-hydrogen) atoms. The quantitative estimate of drug-likeness (QED) is 0.903. The van der Waals surface area contributed by atoms with Crippen molar-refractivity contribution in [2.24, 2.45) is 5.92 Å². The summed E-state index contributed by atoms with van der Waals surface area (Å²) < 4.78 is 5.35. The second-order valence-electron chi connectivity index (χ2n) is 7.08. The number of anilines is 1. The molecule has 2 aliphatic rings. The van der Waals surface area contributed by atoms with Crippen molar-refractivity contribution in [2.45, 2.75) is 25.4 Å². The lowest BCUT2D eigenvalue weighted by Gasteiger charge is -2.34. The molecule has 5 nitrogen and oxygen atoms in total. The molecule has 0 aromatic heterocycles. The number of fused-ring (bicyclic) bond motifs is 2. The van der Waals surface area contributed by atoms with E-state index >= 15 is 0 Å². The molecule has 2 unspecified atom stereocenters. The number of aryl methyl sites for hydroxylation is 2. The molecular weight excluding hydrogens is 330 g/mol. The summed E-state index contributed by atoms with van der Waals surface area (Å²) in [6.45, 7) is 1.88. The first-order valence-corrected chi connectivity index (χ1v) is 8.71. The van der Waals surface area contributed by atoms with Crippen LogP contribution in [0, 0.1) is 12.8 Å². The first-order chi connectivity index (χ1) is 12.4. The number of ether oxygens (including phenoxy) is 1. The van der Waals surface area contributed by atoms with Gasteiger partial charge in [0.1, 0.15) is 5.75 Å². The zero-order valence-electron chi connectivity index (χ0n) is 15.1. The highest BCUT2D eigenvalue weighted by Crippen LogP contribution is 2.48. The van der Waals surface area contributed by atoms with E-state index in [1.807, 2.05) is 19.1 Å². The number of para-hydroxylation sites is 1. The molecule has 0 bridgehead atoms. The van der Waals surface area contributed by atoms with Crippen molar-refractivity contribution in [1.82, 2.24) is 0 Å². The highest BCUT2D eigenvalue weighted by Gasteiger charge is 2.56. The van der Waals surface area contributed by atoms with Gasteiger partial charge < -0.3 is 14.7 Å². The predicted octanol–water partition coefficient (Wildman–Crippen LogP) is 2.61. The highest BCUT2D eigenvalue weighted by molar-refractivity contribution is 6.12. The van der Waals surface area contributed by atoms with Gasteiger partial charge in [-0.15, -0.1) is 0 Å². The van der Waals surface area contributed by atoms with Gasteiger partial charge in [0.05, 0.1) is 18.7 Å². The van der Waals surface area contributed by atoms with Crippen molar-refractivity contribution in [3.63, 3.8) is 0 Å². The van der Waals surface area contributed by atoms with Gasteiger partial charge in [-0.25, -0.2) is 0 Å². The van der Waals surface area contributed by atoms with Gasteiger partial charge in [0.25, 0.3) is 5.91 Å². The Bertz CT molecular complexity index is 936. The predicted molar refractivity (Wildman–Crippen MR) is 97.6 cm³/mol. The van der Waals surface area contributed by atoms with Crippen LogP contribution >= 0.6 is 0 Å². The molecule has 1 amide bonds. The summed E-state index contributed by atoms with van der Waals surface area (Å²) in [5.74, 6) is -0.666. The van der Waals surface area contributed by atoms with Crippen LogP contribution in [0.4, 0.5) is 5.69 Å². The van der Waals surface area contributed by atoms with E-state index in [4.69, 9.17) is 4.74 Å². The lowest BCUT2D eigenvalue weighted by molar-refractivity contribution is -0.140. The van der Waals surface area contributed by atoms with E-state index in [2.05, 4.69) is 0 Å². The number of rotatable bonds is 2. The van der Waals surface area contributed by atoms with Gasteiger partial charge in [-0.1, -0.05) is 18.2 Å². The first-order valence-electron chi connectivity index (χ1n) is 8.71. The van der Waals surface area contributed by atoms with Crippen LogP contribution in [0.2, 0.25) is 0 Å². The molecule has 1 heterocycles. The summed E-state index contributed by atoms with van der Waals surface area (Å²) in [5, 5.41) is 11.4. The number of methoxy groups -OCH3 is 1. The third-order valence-corrected chi connectivity index (χ3v) is 5.72. The Morgan fingerprint density at radius 2 is 1.96 bits per heavy atom. The number of benzene rings is 2. The molecule has 0 saturated heterocycles. The maximum atomic E-state index is 13.3. The summed E-state index contributed by atoms with van der Waals surface area (Å²) in [6.07, 6.45) is 1.03. The van der Waals surface area contributed by atoms with Crippen molar-refractivity contribution in [3.05, 3.63) is 58.7 Å². The molecule has 2 aromatic rings. The maximum Gasteiger partial charge on any atom is 0.264 e. The van der Waals surface area contributed by atoms with Crippen LogP contribution in [0.1, 0.15) is 33.5 Å². The number of hydrogen-bond donors (Lipinski definition) is 1. The number of amides is 1. The number of hydrogen-bond acceptors (Lipinski definition) is 4. The second kappa shape index (κ2) is 5.68. The summed E-state index contributed by atoms with van der Waals surface area (Å²) in [7, 11) is 3.24. The molecule has 2 aromatic carbocycles. The second-order valence-corrected chi connectivity index (χ2v) is 7.08. The third-order valence-electron chi connectivity index (χ3n) is 5.72. The van der Waals surface area contributed by atoms with Crippen LogP contribution in [-0.4, -0.2) is 31.0 Å². The van der Waals surface area contributed by atoms with E-state index in [1.165, 1.54) is 4.90 Å². The molecule has 134 valence electrons. The Labute approximate surface area is 152 Å². The van der Waals surface area contributed by atoms with E-state index < -0.39 is 17.4 Å². The highest BCUT2D eigenvalue weighted by atomic mass is 16.5. The van der Waals surface area contributed by atoms with Gasteiger partial charge in [-0.05, 0) is 49.1 Å². The molecular formula is C21H21NO4. The van der Waals surface area contributed by atoms with E-state index in [-0.39, 0.29) is 5.78 Å². The van der Waals surface area contributed by atoms with Crippen molar-refractivity contribution < 1.29 is 19.4 Å². The Morgan fingerprint density at radius 1 is 1.23 bits per heavy atom. The zero-order valence-corrected chi connectivity index (χ0v) is 15.1. The van der Waals surface area contributed by atoms with Crippen molar-refractivity contribution in [1.29, 1.82) is 0 Å². The van der Waals surface area contributed by atoms with E-state index in [0.717, 1.165) is 16.9 Å². The number of likely N-dealkylation sites (N-methyl/N-ethyl adjacent to an activating group) is 1. The molecule has 4 rings (SSSR count). The van der Waals surface area contributed by atoms with Gasteiger partial charge in [-0.2, -0.15) is 0 Å². The Balaban J connectivity index is 1.82. The van der Waals surface area contributed by atoms with Crippen LogP contribution in [0.15, 0.2) is 36.4 Å². The Hall–Kier alpha value is -2.66. The van der Waals surface area contributed by atoms with Crippen molar-refractivity contribution >= 4 is 17.4 Å². The lowest BCUT2D eigenvalue weighted by Crippen LogP contribution is -2.49. The summed E-state index contributed by atoms with van der Waals surface area (Å²) in [6, 6.07) is 10.8. The fourth-order valence-corrected chi connectivity index (χ4v) is 4.31. The lowest BCUT2D eigenvalue weighted by atomic mass is 9.71. The fraction of sp³-hybridized carbons (Fsp3) is 0.333. The molecule has 0 radical (unpaired) electrons. The van der Waals surface area contributed by atoms with Crippen molar-refractivity contribution in [2.75, 3.05) is 19.1 Å². The standard InChI is InChI=1S/C21H21NO4/c1-12-10-14-13(11-18(12)26-3)8-9-16(19(14)23)21(25)15-6-4-5-7-17(15)22(2)20(21)24/h4-7,10-11,16,25H,8-9H2,1-3H3. The average Bonchev–Trinajstić information content (AvgIpc) is 2.84. The fourth-order valence-electron chi connectivity index (χ4n) is 4.31. The van der Waals surface area contributed by atoms with Crippen LogP contribution < -0.4 is 9.64 Å². The minimum absolute atomic E-state index is 0.182. The molecule has 0 saturated carbocycles. The zero-order chi connectivity index (χ0) is 18.6. The first kappa shape index (κ1) is 16.8. The van der Waals surface area contributed by atoms with Gasteiger partial charge in [-0.3, -0.25) is 9.59 Å². The number of aliphatic hydroxyl groups is 1. The van der Waals surface area contributed by atoms with Gasteiger partial charge in [0.2, 0.25) is 0 Å². The molecule has 1 aliphatic carbocycles. The molecule has 1 N–H and O–H groups in total. The number of carbonyl (C=O) groups is 2. The van der Waals surface area contributed by atoms with E-state index in [0.29, 0.717) is 29.7 Å². The van der Waals surface area contributed by atoms with Gasteiger partial charge in [0.15, 0.2) is 11.4 Å². The summed E-state index contributed by atoms with van der Waals surface area (Å²) in [5.41, 5.74) is 1.71. The summed E-state index contributed by atoms with van der Waals surface area (Å²) >= 11 is 0. The molecule has 1 aliphatic heterocycles. The normalized spacial score (nSPS) is 24.5.